The van der Waals surface area contributed by atoms with Crippen molar-refractivity contribution >= 4 is 39.1 Å². The van der Waals surface area contributed by atoms with Crippen molar-refractivity contribution in [3.8, 4) is 0 Å². The van der Waals surface area contributed by atoms with Crippen LogP contribution in [0.2, 0.25) is 0 Å². The normalized spacial score (nSPS) is 21.7. The van der Waals surface area contributed by atoms with Gasteiger partial charge in [-0.05, 0) is 18.2 Å². The third-order valence-electron chi connectivity index (χ3n) is 2.57. The van der Waals surface area contributed by atoms with Crippen LogP contribution in [0.5, 0.6) is 0 Å². The maximum absolute atomic E-state index is 6.02. The molecule has 2 N–H and O–H groups in total. The Morgan fingerprint density at radius 1 is 1.53 bits per heavy atom. The van der Waals surface area contributed by atoms with E-state index in [1.165, 1.54) is 11.4 Å². The Labute approximate surface area is 103 Å². The monoisotopic (exact) mass is 286 g/mol. The highest BCUT2D eigenvalue weighted by molar-refractivity contribution is 9.10. The number of nitrogen functional groups attached to an aromatic ring is 1. The molecule has 1 saturated heterocycles. The Morgan fingerprint density at radius 3 is 3.00 bits per heavy atom. The maximum atomic E-state index is 6.02. The third-order valence-corrected chi connectivity index (χ3v) is 4.20. The van der Waals surface area contributed by atoms with Crippen LogP contribution in [-0.2, 0) is 0 Å². The van der Waals surface area contributed by atoms with Crippen LogP contribution in [0.1, 0.15) is 6.92 Å². The molecule has 1 aromatic carbocycles. The Hall–Kier alpha value is -0.350. The van der Waals surface area contributed by atoms with Crippen molar-refractivity contribution in [3.05, 3.63) is 22.7 Å². The summed E-state index contributed by atoms with van der Waals surface area (Å²) in [4.78, 5) is 2.38. The zero-order valence-electron chi connectivity index (χ0n) is 8.74. The summed E-state index contributed by atoms with van der Waals surface area (Å²) in [5.74, 6) is 1.19. The Balaban J connectivity index is 2.21. The fraction of sp³-hybridized carbons (Fsp3) is 0.455. The maximum Gasteiger partial charge on any atom is 0.0601 e. The quantitative estimate of drug-likeness (QED) is 0.805. The van der Waals surface area contributed by atoms with Gasteiger partial charge in [0.15, 0.2) is 0 Å². The summed E-state index contributed by atoms with van der Waals surface area (Å²) in [5.41, 5.74) is 8.06. The highest BCUT2D eigenvalue weighted by Gasteiger charge is 2.18. The topological polar surface area (TPSA) is 29.3 Å². The van der Waals surface area contributed by atoms with Gasteiger partial charge in [-0.2, -0.15) is 11.8 Å². The van der Waals surface area contributed by atoms with Crippen LogP contribution in [0.4, 0.5) is 11.4 Å². The zero-order valence-corrected chi connectivity index (χ0v) is 11.1. The minimum atomic E-state index is 0.696. The van der Waals surface area contributed by atoms with E-state index in [2.05, 4.69) is 39.9 Å². The molecule has 2 nitrogen and oxygen atoms in total. The van der Waals surface area contributed by atoms with Crippen LogP contribution >= 0.6 is 27.7 Å². The van der Waals surface area contributed by atoms with Gasteiger partial charge >= 0.3 is 0 Å². The van der Waals surface area contributed by atoms with E-state index in [-0.39, 0.29) is 0 Å². The van der Waals surface area contributed by atoms with Gasteiger partial charge < -0.3 is 10.6 Å². The van der Waals surface area contributed by atoms with Gasteiger partial charge in [0.2, 0.25) is 0 Å². The molecule has 0 spiro atoms. The molecule has 0 radical (unpaired) electrons. The number of nitrogens with zero attached hydrogens (tertiary/aromatic N) is 1. The average molecular weight is 287 g/mol. The summed E-state index contributed by atoms with van der Waals surface area (Å²) in [6, 6.07) is 6.13. The number of anilines is 2. The van der Waals surface area contributed by atoms with Crippen molar-refractivity contribution in [2.24, 2.45) is 0 Å². The zero-order chi connectivity index (χ0) is 10.8. The summed E-state index contributed by atoms with van der Waals surface area (Å²) in [5, 5.41) is 0.696. The number of hydrogen-bond acceptors (Lipinski definition) is 3. The lowest BCUT2D eigenvalue weighted by Crippen LogP contribution is -2.36. The Morgan fingerprint density at radius 2 is 2.33 bits per heavy atom. The molecule has 0 aliphatic carbocycles. The molecule has 0 saturated carbocycles. The van der Waals surface area contributed by atoms with Gasteiger partial charge in [0.25, 0.3) is 0 Å². The van der Waals surface area contributed by atoms with Gasteiger partial charge in [0.1, 0.15) is 0 Å². The minimum Gasteiger partial charge on any atom is -0.397 e. The second-order valence-corrected chi connectivity index (χ2v) is 6.29. The van der Waals surface area contributed by atoms with Crippen molar-refractivity contribution in [3.63, 3.8) is 0 Å². The van der Waals surface area contributed by atoms with E-state index < -0.39 is 0 Å². The third kappa shape index (κ3) is 2.61. The standard InChI is InChI=1S/C11H15BrN2S/c1-8-7-14(4-5-15-8)11-3-2-9(12)6-10(11)13/h2-3,6,8H,4-5,7,13H2,1H3. The summed E-state index contributed by atoms with van der Waals surface area (Å²) in [6.45, 7) is 4.46. The lowest BCUT2D eigenvalue weighted by Gasteiger charge is -2.33. The molecular formula is C11H15BrN2S. The van der Waals surface area contributed by atoms with E-state index in [0.29, 0.717) is 5.25 Å². The van der Waals surface area contributed by atoms with Crippen LogP contribution < -0.4 is 10.6 Å². The molecule has 1 unspecified atom stereocenters. The van der Waals surface area contributed by atoms with Gasteiger partial charge in [0, 0.05) is 28.6 Å². The van der Waals surface area contributed by atoms with Crippen LogP contribution in [0, 0.1) is 0 Å². The summed E-state index contributed by atoms with van der Waals surface area (Å²) >= 11 is 5.46. The summed E-state index contributed by atoms with van der Waals surface area (Å²) < 4.78 is 1.04. The first-order valence-corrected chi connectivity index (χ1v) is 6.92. The van der Waals surface area contributed by atoms with Crippen LogP contribution in [0.25, 0.3) is 0 Å². The molecule has 1 aromatic rings. The van der Waals surface area contributed by atoms with Crippen molar-refractivity contribution in [1.29, 1.82) is 0 Å². The van der Waals surface area contributed by atoms with E-state index in [4.69, 9.17) is 5.73 Å². The van der Waals surface area contributed by atoms with Crippen LogP contribution in [0.3, 0.4) is 0 Å². The molecule has 2 rings (SSSR count). The number of benzene rings is 1. The highest BCUT2D eigenvalue weighted by atomic mass is 79.9. The number of hydrogen-bond donors (Lipinski definition) is 1. The number of rotatable bonds is 1. The van der Waals surface area contributed by atoms with Crippen molar-refractivity contribution < 1.29 is 0 Å². The molecule has 1 atom stereocenters. The molecule has 0 bridgehead atoms. The summed E-state index contributed by atoms with van der Waals surface area (Å²) in [7, 11) is 0. The largest absolute Gasteiger partial charge is 0.397 e. The fourth-order valence-corrected chi connectivity index (χ4v) is 3.24. The highest BCUT2D eigenvalue weighted by Crippen LogP contribution is 2.30. The smallest absolute Gasteiger partial charge is 0.0601 e. The molecule has 15 heavy (non-hydrogen) atoms. The van der Waals surface area contributed by atoms with Crippen LogP contribution in [0.15, 0.2) is 22.7 Å². The molecule has 1 aliphatic heterocycles. The predicted octanol–water partition coefficient (Wildman–Crippen LogP) is 2.97. The SMILES string of the molecule is CC1CN(c2ccc(Br)cc2N)CCS1. The van der Waals surface area contributed by atoms with Crippen molar-refractivity contribution in [2.75, 3.05) is 29.5 Å². The second-order valence-electron chi connectivity index (χ2n) is 3.83. The number of thioether (sulfide) groups is 1. The lowest BCUT2D eigenvalue weighted by atomic mass is 10.2. The second kappa shape index (κ2) is 4.66. The van der Waals surface area contributed by atoms with Gasteiger partial charge in [0.05, 0.1) is 11.4 Å². The molecule has 1 fully saturated rings. The molecule has 1 aliphatic rings. The predicted molar refractivity (Wildman–Crippen MR) is 72.7 cm³/mol. The first-order chi connectivity index (χ1) is 7.16. The molecule has 1 heterocycles. The number of nitrogens with two attached hydrogens (primary N) is 1. The van der Waals surface area contributed by atoms with Gasteiger partial charge in [-0.15, -0.1) is 0 Å². The minimum absolute atomic E-state index is 0.696. The van der Waals surface area contributed by atoms with E-state index in [1.807, 2.05) is 17.8 Å². The lowest BCUT2D eigenvalue weighted by molar-refractivity contribution is 0.784. The van der Waals surface area contributed by atoms with E-state index in [9.17, 15) is 0 Å². The number of halogens is 1. The molecule has 0 amide bonds. The van der Waals surface area contributed by atoms with Crippen molar-refractivity contribution in [2.45, 2.75) is 12.2 Å². The van der Waals surface area contributed by atoms with Gasteiger partial charge in [-0.1, -0.05) is 22.9 Å². The first-order valence-electron chi connectivity index (χ1n) is 5.08. The van der Waals surface area contributed by atoms with Gasteiger partial charge in [-0.25, -0.2) is 0 Å². The van der Waals surface area contributed by atoms with Crippen molar-refractivity contribution in [1.82, 2.24) is 0 Å². The average Bonchev–Trinajstić information content (AvgIpc) is 2.17. The molecule has 0 aromatic heterocycles. The fourth-order valence-electron chi connectivity index (χ4n) is 1.85. The van der Waals surface area contributed by atoms with Crippen LogP contribution in [-0.4, -0.2) is 24.1 Å². The Bertz CT molecular complexity index is 356. The Kier molecular flexibility index (Phi) is 3.46. The van der Waals surface area contributed by atoms with Gasteiger partial charge in [-0.3, -0.25) is 0 Å². The summed E-state index contributed by atoms with van der Waals surface area (Å²) in [6.07, 6.45) is 0. The molecule has 82 valence electrons. The van der Waals surface area contributed by atoms with E-state index >= 15 is 0 Å². The molecule has 4 heteroatoms. The van der Waals surface area contributed by atoms with E-state index in [0.717, 1.165) is 23.2 Å². The van der Waals surface area contributed by atoms with E-state index in [1.54, 1.807) is 0 Å². The molecular weight excluding hydrogens is 272 g/mol. The first kappa shape index (κ1) is 11.1.